The zero-order valence-corrected chi connectivity index (χ0v) is 11.4. The molecule has 2 nitrogen and oxygen atoms in total. The van der Waals surface area contributed by atoms with Gasteiger partial charge in [0.15, 0.2) is 5.78 Å². The van der Waals surface area contributed by atoms with Crippen molar-refractivity contribution in [2.24, 2.45) is 17.8 Å². The number of benzene rings is 1. The number of fused-ring (bicyclic) bond motifs is 3. The minimum absolute atomic E-state index is 0.247. The fraction of sp³-hybridized carbons (Fsp3) is 0.438. The summed E-state index contributed by atoms with van der Waals surface area (Å²) in [6.07, 6.45) is 6.76. The van der Waals surface area contributed by atoms with Gasteiger partial charge in [-0.25, -0.2) is 0 Å². The third-order valence-electron chi connectivity index (χ3n) is 5.00. The van der Waals surface area contributed by atoms with E-state index in [4.69, 9.17) is 11.6 Å². The van der Waals surface area contributed by atoms with Crippen LogP contribution in [0.4, 0.5) is 0 Å². The lowest BCUT2D eigenvalue weighted by molar-refractivity contribution is 0.0876. The van der Waals surface area contributed by atoms with Crippen LogP contribution in [0, 0.1) is 17.8 Å². The molecular formula is C16H16ClNO. The van der Waals surface area contributed by atoms with E-state index in [9.17, 15) is 4.79 Å². The van der Waals surface area contributed by atoms with Gasteiger partial charge in [-0.05, 0) is 37.2 Å². The second kappa shape index (κ2) is 4.11. The van der Waals surface area contributed by atoms with Gasteiger partial charge < -0.3 is 4.98 Å². The Morgan fingerprint density at radius 3 is 2.89 bits per heavy atom. The number of rotatable bonds is 2. The van der Waals surface area contributed by atoms with Gasteiger partial charge in [-0.3, -0.25) is 4.79 Å². The molecule has 0 aliphatic heterocycles. The number of halogens is 1. The highest BCUT2D eigenvalue weighted by Gasteiger charge is 2.43. The second-order valence-electron chi connectivity index (χ2n) is 6.01. The van der Waals surface area contributed by atoms with E-state index in [1.165, 1.54) is 19.3 Å². The number of hydrogen-bond acceptors (Lipinski definition) is 1. The van der Waals surface area contributed by atoms with E-state index in [0.29, 0.717) is 16.7 Å². The van der Waals surface area contributed by atoms with Gasteiger partial charge in [0.1, 0.15) is 0 Å². The van der Waals surface area contributed by atoms with E-state index >= 15 is 0 Å². The molecule has 2 aliphatic carbocycles. The number of aromatic amines is 1. The highest BCUT2D eigenvalue weighted by Crippen LogP contribution is 2.49. The van der Waals surface area contributed by atoms with Crippen LogP contribution < -0.4 is 0 Å². The van der Waals surface area contributed by atoms with Crippen molar-refractivity contribution in [3.8, 4) is 0 Å². The highest BCUT2D eigenvalue weighted by molar-refractivity contribution is 6.35. The Morgan fingerprint density at radius 1 is 1.26 bits per heavy atom. The Labute approximate surface area is 117 Å². The maximum Gasteiger partial charge on any atom is 0.168 e. The summed E-state index contributed by atoms with van der Waals surface area (Å²) < 4.78 is 0. The normalized spacial score (nSPS) is 29.2. The Kier molecular flexibility index (Phi) is 2.49. The van der Waals surface area contributed by atoms with Gasteiger partial charge in [-0.2, -0.15) is 0 Å². The Balaban J connectivity index is 1.74. The zero-order valence-electron chi connectivity index (χ0n) is 10.7. The summed E-state index contributed by atoms with van der Waals surface area (Å²) >= 11 is 6.16. The summed E-state index contributed by atoms with van der Waals surface area (Å²) in [4.78, 5) is 15.9. The number of ketones is 1. The highest BCUT2D eigenvalue weighted by atomic mass is 35.5. The molecule has 19 heavy (non-hydrogen) atoms. The number of hydrogen-bond donors (Lipinski definition) is 1. The molecule has 4 rings (SSSR count). The minimum atomic E-state index is 0.247. The molecule has 0 radical (unpaired) electrons. The summed E-state index contributed by atoms with van der Waals surface area (Å²) in [5.74, 6) is 1.99. The van der Waals surface area contributed by atoms with Crippen LogP contribution in [0.2, 0.25) is 5.02 Å². The van der Waals surface area contributed by atoms with Crippen LogP contribution in [-0.4, -0.2) is 10.8 Å². The molecule has 0 saturated heterocycles. The maximum atomic E-state index is 12.8. The first kappa shape index (κ1) is 11.5. The molecule has 2 aliphatic rings. The molecule has 0 amide bonds. The van der Waals surface area contributed by atoms with E-state index in [2.05, 4.69) is 4.98 Å². The fourth-order valence-electron chi connectivity index (χ4n) is 4.09. The number of para-hydroxylation sites is 1. The quantitative estimate of drug-likeness (QED) is 0.806. The van der Waals surface area contributed by atoms with Gasteiger partial charge in [-0.1, -0.05) is 30.2 Å². The molecule has 1 heterocycles. The van der Waals surface area contributed by atoms with Gasteiger partial charge in [-0.15, -0.1) is 0 Å². The van der Waals surface area contributed by atoms with Crippen molar-refractivity contribution in [3.05, 3.63) is 35.0 Å². The van der Waals surface area contributed by atoms with Crippen molar-refractivity contribution in [1.29, 1.82) is 0 Å². The van der Waals surface area contributed by atoms with E-state index in [-0.39, 0.29) is 5.92 Å². The van der Waals surface area contributed by atoms with E-state index in [0.717, 1.165) is 28.8 Å². The molecule has 1 N–H and O–H groups in total. The molecule has 0 spiro atoms. The first-order valence-electron chi connectivity index (χ1n) is 7.04. The van der Waals surface area contributed by atoms with Crippen LogP contribution in [-0.2, 0) is 0 Å². The maximum absolute atomic E-state index is 12.8. The third kappa shape index (κ3) is 1.66. The molecule has 3 heteroatoms. The first-order chi connectivity index (χ1) is 9.24. The van der Waals surface area contributed by atoms with Crippen LogP contribution in [0.1, 0.15) is 36.0 Å². The Bertz CT molecular complexity index is 660. The lowest BCUT2D eigenvalue weighted by atomic mass is 9.83. The van der Waals surface area contributed by atoms with Gasteiger partial charge in [0.05, 0.1) is 10.5 Å². The van der Waals surface area contributed by atoms with E-state index in [1.54, 1.807) is 0 Å². The predicted molar refractivity (Wildman–Crippen MR) is 76.6 cm³/mol. The van der Waals surface area contributed by atoms with Crippen LogP contribution >= 0.6 is 11.6 Å². The minimum Gasteiger partial charge on any atom is -0.359 e. The van der Waals surface area contributed by atoms with Crippen molar-refractivity contribution in [2.45, 2.75) is 25.7 Å². The average molecular weight is 274 g/mol. The molecule has 1 aromatic carbocycles. The molecule has 2 bridgehead atoms. The van der Waals surface area contributed by atoms with Crippen molar-refractivity contribution in [3.63, 3.8) is 0 Å². The second-order valence-corrected chi connectivity index (χ2v) is 6.42. The number of H-pyrrole nitrogens is 1. The third-order valence-corrected chi connectivity index (χ3v) is 5.32. The van der Waals surface area contributed by atoms with Crippen LogP contribution in [0.25, 0.3) is 10.9 Å². The molecular weight excluding hydrogens is 258 g/mol. The summed E-state index contributed by atoms with van der Waals surface area (Å²) in [6, 6.07) is 5.75. The molecule has 1 aromatic heterocycles. The standard InChI is InChI=1S/C16H16ClNO/c17-14-3-1-2-11-13(8-18-15(11)14)16(19)12-7-9-4-5-10(12)6-9/h1-3,8-10,12,18H,4-7H2. The van der Waals surface area contributed by atoms with E-state index in [1.807, 2.05) is 24.4 Å². The molecule has 2 saturated carbocycles. The summed E-state index contributed by atoms with van der Waals surface area (Å²) in [5.41, 5.74) is 1.71. The average Bonchev–Trinajstić information content (AvgIpc) is 3.12. The van der Waals surface area contributed by atoms with Crippen LogP contribution in [0.15, 0.2) is 24.4 Å². The van der Waals surface area contributed by atoms with Crippen molar-refractivity contribution in [2.75, 3.05) is 0 Å². The first-order valence-corrected chi connectivity index (χ1v) is 7.41. The smallest absolute Gasteiger partial charge is 0.168 e. The van der Waals surface area contributed by atoms with E-state index < -0.39 is 0 Å². The summed E-state index contributed by atoms with van der Waals surface area (Å²) in [5, 5.41) is 1.66. The number of carbonyl (C=O) groups is 1. The molecule has 2 aromatic rings. The van der Waals surface area contributed by atoms with Crippen molar-refractivity contribution in [1.82, 2.24) is 4.98 Å². The molecule has 3 atom stereocenters. The summed E-state index contributed by atoms with van der Waals surface area (Å²) in [6.45, 7) is 0. The number of aromatic nitrogens is 1. The molecule has 2 fully saturated rings. The summed E-state index contributed by atoms with van der Waals surface area (Å²) in [7, 11) is 0. The van der Waals surface area contributed by atoms with Gasteiger partial charge >= 0.3 is 0 Å². The fourth-order valence-corrected chi connectivity index (χ4v) is 4.32. The number of Topliss-reactive ketones (excluding diaryl/α,β-unsaturated/α-hetero) is 1. The van der Waals surface area contributed by atoms with Gasteiger partial charge in [0.2, 0.25) is 0 Å². The lowest BCUT2D eigenvalue weighted by Crippen LogP contribution is -2.20. The largest absolute Gasteiger partial charge is 0.359 e. The van der Waals surface area contributed by atoms with Crippen LogP contribution in [0.5, 0.6) is 0 Å². The van der Waals surface area contributed by atoms with Gasteiger partial charge in [0.25, 0.3) is 0 Å². The molecule has 3 unspecified atom stereocenters. The van der Waals surface area contributed by atoms with Crippen LogP contribution in [0.3, 0.4) is 0 Å². The molecule has 98 valence electrons. The SMILES string of the molecule is O=C(c1c[nH]c2c(Cl)cccc12)C1CC2CCC1C2. The Hall–Kier alpha value is -1.28. The Morgan fingerprint density at radius 2 is 2.16 bits per heavy atom. The predicted octanol–water partition coefficient (Wildman–Crippen LogP) is 4.44. The topological polar surface area (TPSA) is 32.9 Å². The van der Waals surface area contributed by atoms with Gasteiger partial charge in [0, 0.05) is 23.1 Å². The van der Waals surface area contributed by atoms with Crippen molar-refractivity contribution < 1.29 is 4.79 Å². The lowest BCUT2D eigenvalue weighted by Gasteiger charge is -2.19. The number of nitrogens with one attached hydrogen (secondary N) is 1. The zero-order chi connectivity index (χ0) is 13.0. The van der Waals surface area contributed by atoms with Crippen molar-refractivity contribution >= 4 is 28.3 Å². The number of carbonyl (C=O) groups excluding carboxylic acids is 1. The monoisotopic (exact) mass is 273 g/mol.